The zero-order valence-electron chi connectivity index (χ0n) is 6.45. The Hall–Kier alpha value is -0.800. The Morgan fingerprint density at radius 2 is 2.55 bits per heavy atom. The number of aliphatic hydroxyl groups excluding tert-OH is 1. The Morgan fingerprint density at radius 3 is 3.36 bits per heavy atom. The van der Waals surface area contributed by atoms with E-state index in [1.807, 2.05) is 13.1 Å². The minimum Gasteiger partial charge on any atom is -0.466 e. The molecule has 0 aromatic carbocycles. The monoisotopic (exact) mass is 153 g/mol. The molecule has 11 heavy (non-hydrogen) atoms. The maximum absolute atomic E-state index is 9.49. The zero-order chi connectivity index (χ0) is 7.84. The number of furan rings is 1. The van der Waals surface area contributed by atoms with Gasteiger partial charge in [-0.25, -0.2) is 0 Å². The first kappa shape index (κ1) is 6.88. The van der Waals surface area contributed by atoms with Gasteiger partial charge in [-0.05, 0) is 13.1 Å². The fraction of sp³-hybridized carbons (Fsp3) is 0.500. The number of β-amino-alcohol motifs (C(OH)–C–C–N with tert-alkyl or cyclic N) is 1. The maximum Gasteiger partial charge on any atom is 0.138 e. The maximum atomic E-state index is 9.49. The minimum absolute atomic E-state index is 0.446. The summed E-state index contributed by atoms with van der Waals surface area (Å²) >= 11 is 0. The summed E-state index contributed by atoms with van der Waals surface area (Å²) in [7, 11) is 1.99. The third-order valence-corrected chi connectivity index (χ3v) is 2.01. The second kappa shape index (κ2) is 2.36. The lowest BCUT2D eigenvalue weighted by Gasteiger charge is -2.25. The van der Waals surface area contributed by atoms with Gasteiger partial charge in [-0.3, -0.25) is 4.90 Å². The molecule has 3 nitrogen and oxygen atoms in total. The summed E-state index contributed by atoms with van der Waals surface area (Å²) in [6, 6.07) is 1.91. The molecule has 0 fully saturated rings. The van der Waals surface area contributed by atoms with Crippen molar-refractivity contribution < 1.29 is 9.52 Å². The van der Waals surface area contributed by atoms with Gasteiger partial charge < -0.3 is 9.52 Å². The van der Waals surface area contributed by atoms with Crippen LogP contribution in [0.2, 0.25) is 0 Å². The molecule has 0 aliphatic carbocycles. The van der Waals surface area contributed by atoms with Crippen molar-refractivity contribution in [3.05, 3.63) is 23.7 Å². The molecule has 2 heterocycles. The number of hydrogen-bond donors (Lipinski definition) is 1. The standard InChI is InChI=1S/C8H11NO2/c1-9-4-6-2-3-11-8(6)7(10)5-9/h2-3,7,10H,4-5H2,1H3. The molecule has 3 heteroatoms. The van der Waals surface area contributed by atoms with Crippen molar-refractivity contribution in [1.29, 1.82) is 0 Å². The molecule has 1 aromatic heterocycles. The topological polar surface area (TPSA) is 36.6 Å². The molecule has 0 amide bonds. The van der Waals surface area contributed by atoms with Crippen LogP contribution in [0, 0.1) is 0 Å². The number of nitrogens with zero attached hydrogens (tertiary/aromatic N) is 1. The predicted octanol–water partition coefficient (Wildman–Crippen LogP) is 0.758. The summed E-state index contributed by atoms with van der Waals surface area (Å²) in [5, 5.41) is 9.49. The lowest BCUT2D eigenvalue weighted by atomic mass is 10.1. The molecule has 1 N–H and O–H groups in total. The molecule has 60 valence electrons. The largest absolute Gasteiger partial charge is 0.466 e. The Morgan fingerprint density at radius 1 is 1.73 bits per heavy atom. The molecule has 0 saturated heterocycles. The fourth-order valence-corrected chi connectivity index (χ4v) is 1.50. The summed E-state index contributed by atoms with van der Waals surface area (Å²) in [5.41, 5.74) is 1.10. The van der Waals surface area contributed by atoms with Crippen molar-refractivity contribution in [2.24, 2.45) is 0 Å². The van der Waals surface area contributed by atoms with Crippen molar-refractivity contribution in [2.45, 2.75) is 12.6 Å². The van der Waals surface area contributed by atoms with Gasteiger partial charge in [0.25, 0.3) is 0 Å². The average molecular weight is 153 g/mol. The second-order valence-electron chi connectivity index (χ2n) is 3.02. The molecule has 1 unspecified atom stereocenters. The van der Waals surface area contributed by atoms with Gasteiger partial charge in [0.15, 0.2) is 0 Å². The van der Waals surface area contributed by atoms with Gasteiger partial charge in [0.2, 0.25) is 0 Å². The Kier molecular flexibility index (Phi) is 1.47. The first-order valence-corrected chi connectivity index (χ1v) is 3.70. The molecule has 0 radical (unpaired) electrons. The van der Waals surface area contributed by atoms with Crippen LogP contribution in [0.25, 0.3) is 0 Å². The van der Waals surface area contributed by atoms with Crippen molar-refractivity contribution in [1.82, 2.24) is 4.90 Å². The SMILES string of the molecule is CN1Cc2ccoc2C(O)C1. The molecule has 1 aliphatic heterocycles. The normalized spacial score (nSPS) is 25.1. The number of hydrogen-bond acceptors (Lipinski definition) is 3. The summed E-state index contributed by atoms with van der Waals surface area (Å²) in [4.78, 5) is 2.07. The molecule has 0 spiro atoms. The van der Waals surface area contributed by atoms with E-state index in [4.69, 9.17) is 4.42 Å². The van der Waals surface area contributed by atoms with E-state index in [9.17, 15) is 5.11 Å². The quantitative estimate of drug-likeness (QED) is 0.597. The molecular formula is C8H11NO2. The lowest BCUT2D eigenvalue weighted by Crippen LogP contribution is -2.29. The van der Waals surface area contributed by atoms with Crippen LogP contribution in [0.1, 0.15) is 17.4 Å². The van der Waals surface area contributed by atoms with Gasteiger partial charge in [0.1, 0.15) is 11.9 Å². The summed E-state index contributed by atoms with van der Waals surface area (Å²) in [6.45, 7) is 1.55. The first-order chi connectivity index (χ1) is 5.27. The van der Waals surface area contributed by atoms with E-state index in [2.05, 4.69) is 4.90 Å². The van der Waals surface area contributed by atoms with Crippen LogP contribution in [0.5, 0.6) is 0 Å². The van der Waals surface area contributed by atoms with Gasteiger partial charge in [-0.1, -0.05) is 0 Å². The van der Waals surface area contributed by atoms with Crippen LogP contribution in [-0.4, -0.2) is 23.6 Å². The predicted molar refractivity (Wildman–Crippen MR) is 40.0 cm³/mol. The number of likely N-dealkylation sites (N-methyl/N-ethyl adjacent to an activating group) is 1. The van der Waals surface area contributed by atoms with Crippen molar-refractivity contribution in [3.63, 3.8) is 0 Å². The molecular weight excluding hydrogens is 142 g/mol. The molecule has 1 atom stereocenters. The Labute approximate surface area is 65.2 Å². The van der Waals surface area contributed by atoms with E-state index in [-0.39, 0.29) is 0 Å². The van der Waals surface area contributed by atoms with E-state index in [0.29, 0.717) is 6.54 Å². The third kappa shape index (κ3) is 1.06. The summed E-state index contributed by atoms with van der Waals surface area (Å²) in [6.07, 6.45) is 1.19. The summed E-state index contributed by atoms with van der Waals surface area (Å²) in [5.74, 6) is 0.739. The van der Waals surface area contributed by atoms with E-state index in [1.54, 1.807) is 6.26 Å². The highest BCUT2D eigenvalue weighted by atomic mass is 16.4. The van der Waals surface area contributed by atoms with E-state index in [0.717, 1.165) is 17.9 Å². The third-order valence-electron chi connectivity index (χ3n) is 2.01. The van der Waals surface area contributed by atoms with Gasteiger partial charge in [-0.15, -0.1) is 0 Å². The first-order valence-electron chi connectivity index (χ1n) is 3.70. The van der Waals surface area contributed by atoms with Gasteiger partial charge in [-0.2, -0.15) is 0 Å². The lowest BCUT2D eigenvalue weighted by molar-refractivity contribution is 0.0862. The zero-order valence-corrected chi connectivity index (χ0v) is 6.45. The fourth-order valence-electron chi connectivity index (χ4n) is 1.50. The Balaban J connectivity index is 2.36. The van der Waals surface area contributed by atoms with Gasteiger partial charge in [0.05, 0.1) is 6.26 Å². The van der Waals surface area contributed by atoms with Crippen LogP contribution in [0.15, 0.2) is 16.7 Å². The Bertz CT molecular complexity index is 256. The average Bonchev–Trinajstić information content (AvgIpc) is 2.34. The van der Waals surface area contributed by atoms with Crippen molar-refractivity contribution >= 4 is 0 Å². The summed E-state index contributed by atoms with van der Waals surface area (Å²) < 4.78 is 5.14. The highest BCUT2D eigenvalue weighted by Gasteiger charge is 2.23. The highest BCUT2D eigenvalue weighted by molar-refractivity contribution is 5.21. The van der Waals surface area contributed by atoms with E-state index < -0.39 is 6.10 Å². The molecule has 2 rings (SSSR count). The molecule has 0 bridgehead atoms. The van der Waals surface area contributed by atoms with E-state index in [1.165, 1.54) is 0 Å². The number of fused-ring (bicyclic) bond motifs is 1. The second-order valence-corrected chi connectivity index (χ2v) is 3.02. The van der Waals surface area contributed by atoms with E-state index >= 15 is 0 Å². The molecule has 1 aliphatic rings. The van der Waals surface area contributed by atoms with Gasteiger partial charge >= 0.3 is 0 Å². The number of aliphatic hydroxyl groups is 1. The molecule has 0 saturated carbocycles. The van der Waals surface area contributed by atoms with Gasteiger partial charge in [0, 0.05) is 18.7 Å². The van der Waals surface area contributed by atoms with Crippen LogP contribution < -0.4 is 0 Å². The van der Waals surface area contributed by atoms with Crippen LogP contribution >= 0.6 is 0 Å². The van der Waals surface area contributed by atoms with Crippen LogP contribution in [-0.2, 0) is 6.54 Å². The van der Waals surface area contributed by atoms with Crippen LogP contribution in [0.4, 0.5) is 0 Å². The minimum atomic E-state index is -0.446. The van der Waals surface area contributed by atoms with Crippen LogP contribution in [0.3, 0.4) is 0 Å². The number of rotatable bonds is 0. The van der Waals surface area contributed by atoms with Crippen molar-refractivity contribution in [2.75, 3.05) is 13.6 Å². The molecule has 1 aromatic rings. The highest BCUT2D eigenvalue weighted by Crippen LogP contribution is 2.25. The van der Waals surface area contributed by atoms with Crippen molar-refractivity contribution in [3.8, 4) is 0 Å². The smallest absolute Gasteiger partial charge is 0.138 e.